The van der Waals surface area contributed by atoms with E-state index in [-0.39, 0.29) is 11.8 Å². The van der Waals surface area contributed by atoms with Gasteiger partial charge in [0.25, 0.3) is 0 Å². The summed E-state index contributed by atoms with van der Waals surface area (Å²) < 4.78 is 21.4. The Bertz CT molecular complexity index is 201. The van der Waals surface area contributed by atoms with Crippen molar-refractivity contribution in [3.05, 3.63) is 0 Å². The summed E-state index contributed by atoms with van der Waals surface area (Å²) in [5.74, 6) is 1.77. The maximum atomic E-state index is 10.7. The van der Waals surface area contributed by atoms with Gasteiger partial charge in [-0.2, -0.15) is 11.8 Å². The lowest BCUT2D eigenvalue weighted by atomic mass is 10.3. The molecular weight excluding hydrogens is 194 g/mol. The second kappa shape index (κ2) is 5.83. The minimum atomic E-state index is -2.79. The Morgan fingerprint density at radius 3 is 2.50 bits per heavy atom. The zero-order valence-corrected chi connectivity index (χ0v) is 9.25. The van der Waals surface area contributed by atoms with Crippen LogP contribution in [-0.2, 0) is 9.84 Å². The third kappa shape index (κ3) is 8.36. The molecule has 2 N–H and O–H groups in total. The molecule has 74 valence electrons. The van der Waals surface area contributed by atoms with E-state index in [0.717, 1.165) is 12.2 Å². The van der Waals surface area contributed by atoms with Crippen LogP contribution >= 0.6 is 11.8 Å². The Morgan fingerprint density at radius 2 is 2.08 bits per heavy atom. The number of thioether (sulfide) groups is 1. The fourth-order valence-electron chi connectivity index (χ4n) is 0.563. The van der Waals surface area contributed by atoms with Crippen LogP contribution in [0, 0.1) is 0 Å². The third-order valence-electron chi connectivity index (χ3n) is 1.45. The molecule has 0 fully saturated rings. The Morgan fingerprint density at radius 1 is 1.50 bits per heavy atom. The van der Waals surface area contributed by atoms with Gasteiger partial charge >= 0.3 is 0 Å². The van der Waals surface area contributed by atoms with Crippen LogP contribution in [0.5, 0.6) is 0 Å². The van der Waals surface area contributed by atoms with Crippen LogP contribution in [0.4, 0.5) is 0 Å². The smallest absolute Gasteiger partial charge is 0.148 e. The van der Waals surface area contributed by atoms with Crippen molar-refractivity contribution in [3.63, 3.8) is 0 Å². The van der Waals surface area contributed by atoms with Crippen LogP contribution in [0.2, 0.25) is 0 Å². The maximum absolute atomic E-state index is 10.7. The first-order valence-electron chi connectivity index (χ1n) is 3.96. The molecule has 0 aromatic carbocycles. The summed E-state index contributed by atoms with van der Waals surface area (Å²) in [6.45, 7) is 2.03. The van der Waals surface area contributed by atoms with Gasteiger partial charge in [-0.3, -0.25) is 0 Å². The molecule has 0 aliphatic carbocycles. The van der Waals surface area contributed by atoms with E-state index in [0.29, 0.717) is 5.75 Å². The van der Waals surface area contributed by atoms with Crippen molar-refractivity contribution in [3.8, 4) is 0 Å². The van der Waals surface area contributed by atoms with Gasteiger partial charge in [-0.15, -0.1) is 0 Å². The second-order valence-electron chi connectivity index (χ2n) is 2.87. The summed E-state index contributed by atoms with van der Waals surface area (Å²) in [7, 11) is -2.79. The summed E-state index contributed by atoms with van der Waals surface area (Å²) in [4.78, 5) is 0. The molecule has 0 saturated heterocycles. The normalized spacial score (nSPS) is 14.6. The van der Waals surface area contributed by atoms with Gasteiger partial charge in [0, 0.05) is 23.8 Å². The standard InChI is InChI=1S/C7H17NO2S2/c1-3-7(8)6-11-4-5-12(2,9)10/h7H,3-6,8H2,1-2H3. The number of rotatable bonds is 6. The summed E-state index contributed by atoms with van der Waals surface area (Å²) >= 11 is 1.61. The molecule has 12 heavy (non-hydrogen) atoms. The minimum Gasteiger partial charge on any atom is -0.327 e. The topological polar surface area (TPSA) is 60.2 Å². The fraction of sp³-hybridized carbons (Fsp3) is 1.00. The maximum Gasteiger partial charge on any atom is 0.148 e. The molecule has 5 heteroatoms. The van der Waals surface area contributed by atoms with E-state index in [9.17, 15) is 8.42 Å². The molecule has 0 rings (SSSR count). The van der Waals surface area contributed by atoms with E-state index in [1.54, 1.807) is 11.8 Å². The molecule has 0 aromatic heterocycles. The van der Waals surface area contributed by atoms with Crippen molar-refractivity contribution in [1.29, 1.82) is 0 Å². The molecule has 0 radical (unpaired) electrons. The average molecular weight is 211 g/mol. The Hall–Kier alpha value is 0.260. The Kier molecular flexibility index (Phi) is 5.96. The Labute approximate surface area is 79.0 Å². The van der Waals surface area contributed by atoms with Crippen molar-refractivity contribution in [2.75, 3.05) is 23.5 Å². The van der Waals surface area contributed by atoms with E-state index >= 15 is 0 Å². The van der Waals surface area contributed by atoms with E-state index in [1.807, 2.05) is 6.92 Å². The van der Waals surface area contributed by atoms with Gasteiger partial charge in [0.1, 0.15) is 9.84 Å². The summed E-state index contributed by atoms with van der Waals surface area (Å²) in [5.41, 5.74) is 5.65. The Balaban J connectivity index is 3.34. The predicted molar refractivity (Wildman–Crippen MR) is 55.3 cm³/mol. The van der Waals surface area contributed by atoms with Crippen LogP contribution in [0.15, 0.2) is 0 Å². The van der Waals surface area contributed by atoms with Crippen LogP contribution in [0.1, 0.15) is 13.3 Å². The van der Waals surface area contributed by atoms with E-state index in [1.165, 1.54) is 6.26 Å². The molecule has 0 heterocycles. The average Bonchev–Trinajstić information content (AvgIpc) is 1.96. The quantitative estimate of drug-likeness (QED) is 0.650. The van der Waals surface area contributed by atoms with Gasteiger partial charge in [-0.05, 0) is 6.42 Å². The molecule has 0 saturated carbocycles. The highest BCUT2D eigenvalue weighted by Crippen LogP contribution is 2.04. The highest BCUT2D eigenvalue weighted by Gasteiger charge is 2.03. The lowest BCUT2D eigenvalue weighted by molar-refractivity contribution is 0.603. The summed E-state index contributed by atoms with van der Waals surface area (Å²) in [6, 6.07) is 0.203. The molecule has 0 spiro atoms. The van der Waals surface area contributed by atoms with Gasteiger partial charge < -0.3 is 5.73 Å². The predicted octanol–water partition coefficient (Wildman–Crippen LogP) is 0.502. The van der Waals surface area contributed by atoms with Crippen LogP contribution < -0.4 is 5.73 Å². The lowest BCUT2D eigenvalue weighted by Gasteiger charge is -2.06. The van der Waals surface area contributed by atoms with Crippen molar-refractivity contribution < 1.29 is 8.42 Å². The minimum absolute atomic E-state index is 0.203. The largest absolute Gasteiger partial charge is 0.327 e. The van der Waals surface area contributed by atoms with Crippen LogP contribution in [-0.4, -0.2) is 38.0 Å². The molecule has 1 atom stereocenters. The van der Waals surface area contributed by atoms with Crippen molar-refractivity contribution >= 4 is 21.6 Å². The lowest BCUT2D eigenvalue weighted by Crippen LogP contribution is -2.22. The molecule has 0 aromatic rings. The second-order valence-corrected chi connectivity index (χ2v) is 6.28. The van der Waals surface area contributed by atoms with E-state index < -0.39 is 9.84 Å². The monoisotopic (exact) mass is 211 g/mol. The highest BCUT2D eigenvalue weighted by atomic mass is 32.2. The summed E-state index contributed by atoms with van der Waals surface area (Å²) in [6.07, 6.45) is 2.21. The molecule has 0 aliphatic heterocycles. The van der Waals surface area contributed by atoms with E-state index in [4.69, 9.17) is 5.73 Å². The molecule has 1 unspecified atom stereocenters. The molecule has 0 bridgehead atoms. The number of nitrogens with two attached hydrogens (primary N) is 1. The van der Waals surface area contributed by atoms with Gasteiger partial charge in [0.2, 0.25) is 0 Å². The zero-order valence-electron chi connectivity index (χ0n) is 7.62. The number of sulfone groups is 1. The van der Waals surface area contributed by atoms with E-state index in [2.05, 4.69) is 0 Å². The van der Waals surface area contributed by atoms with Crippen molar-refractivity contribution in [2.45, 2.75) is 19.4 Å². The first-order valence-corrected chi connectivity index (χ1v) is 7.18. The number of hydrogen-bond donors (Lipinski definition) is 1. The van der Waals surface area contributed by atoms with Crippen molar-refractivity contribution in [2.24, 2.45) is 5.73 Å². The highest BCUT2D eigenvalue weighted by molar-refractivity contribution is 8.00. The molecule has 3 nitrogen and oxygen atoms in total. The molecule has 0 aliphatic rings. The zero-order chi connectivity index (χ0) is 9.61. The first-order chi connectivity index (χ1) is 5.45. The van der Waals surface area contributed by atoms with Crippen LogP contribution in [0.3, 0.4) is 0 Å². The summed E-state index contributed by atoms with van der Waals surface area (Å²) in [5, 5.41) is 0. The van der Waals surface area contributed by atoms with Crippen molar-refractivity contribution in [1.82, 2.24) is 0 Å². The SMILES string of the molecule is CCC(N)CSCCS(C)(=O)=O. The van der Waals surface area contributed by atoms with Gasteiger partial charge in [-0.25, -0.2) is 8.42 Å². The van der Waals surface area contributed by atoms with Gasteiger partial charge in [0.05, 0.1) is 5.75 Å². The van der Waals surface area contributed by atoms with Gasteiger partial charge in [-0.1, -0.05) is 6.92 Å². The number of hydrogen-bond acceptors (Lipinski definition) is 4. The first kappa shape index (κ1) is 12.3. The van der Waals surface area contributed by atoms with Crippen LogP contribution in [0.25, 0.3) is 0 Å². The molecule has 0 amide bonds. The fourth-order valence-corrected chi connectivity index (χ4v) is 2.95. The third-order valence-corrected chi connectivity index (χ3v) is 3.82. The molecular formula is C7H17NO2S2. The van der Waals surface area contributed by atoms with Gasteiger partial charge in [0.15, 0.2) is 0 Å².